The molecule has 3 aromatic rings. The van der Waals surface area contributed by atoms with Gasteiger partial charge in [0.05, 0.1) is 10.4 Å². The number of rotatable bonds is 4. The Morgan fingerprint density at radius 3 is 2.65 bits per heavy atom. The maximum atomic E-state index is 13.2. The molecule has 1 saturated heterocycles. The molecule has 136 valence electrons. The van der Waals surface area contributed by atoms with E-state index in [9.17, 15) is 8.42 Å². The number of nitrogens with one attached hydrogen (secondary N) is 1. The van der Waals surface area contributed by atoms with E-state index in [2.05, 4.69) is 12.2 Å². The Labute approximate surface area is 158 Å². The Bertz CT molecular complexity index is 1040. The quantitative estimate of drug-likeness (QED) is 0.721. The van der Waals surface area contributed by atoms with Gasteiger partial charge in [0, 0.05) is 22.6 Å². The first-order valence-corrected chi connectivity index (χ1v) is 10.6. The van der Waals surface area contributed by atoms with Gasteiger partial charge in [-0.15, -0.1) is 0 Å². The Kier molecular flexibility index (Phi) is 4.55. The smallest absolute Gasteiger partial charge is 0.268 e. The third kappa shape index (κ3) is 2.94. The molecule has 4 rings (SSSR count). The van der Waals surface area contributed by atoms with Gasteiger partial charge in [0.15, 0.2) is 0 Å². The normalized spacial score (nSPS) is 19.1. The number of hydrogen-bond donors (Lipinski definition) is 1. The molecule has 1 aromatic heterocycles. The van der Waals surface area contributed by atoms with Crippen molar-refractivity contribution in [1.29, 1.82) is 0 Å². The molecule has 4 nitrogen and oxygen atoms in total. The monoisotopic (exact) mass is 388 g/mol. The van der Waals surface area contributed by atoms with Crippen molar-refractivity contribution in [2.45, 2.75) is 36.6 Å². The van der Waals surface area contributed by atoms with E-state index in [-0.39, 0.29) is 10.8 Å². The molecular weight excluding hydrogens is 368 g/mol. The largest absolute Gasteiger partial charge is 0.313 e. The van der Waals surface area contributed by atoms with Crippen LogP contribution in [-0.2, 0) is 10.0 Å². The first-order chi connectivity index (χ1) is 12.5. The van der Waals surface area contributed by atoms with Gasteiger partial charge >= 0.3 is 0 Å². The molecule has 0 bridgehead atoms. The van der Waals surface area contributed by atoms with E-state index in [1.165, 1.54) is 3.97 Å². The van der Waals surface area contributed by atoms with Gasteiger partial charge in [-0.3, -0.25) is 0 Å². The van der Waals surface area contributed by atoms with Gasteiger partial charge in [-0.1, -0.05) is 36.7 Å². The zero-order valence-corrected chi connectivity index (χ0v) is 16.1. The fourth-order valence-corrected chi connectivity index (χ4v) is 5.39. The van der Waals surface area contributed by atoms with Crippen LogP contribution in [0, 0.1) is 0 Å². The molecule has 6 heteroatoms. The maximum absolute atomic E-state index is 13.2. The third-order valence-electron chi connectivity index (χ3n) is 5.26. The fraction of sp³-hybridized carbons (Fsp3) is 0.300. The van der Waals surface area contributed by atoms with E-state index in [0.717, 1.165) is 30.3 Å². The number of aromatic nitrogens is 1. The van der Waals surface area contributed by atoms with Gasteiger partial charge in [-0.05, 0) is 61.2 Å². The average Bonchev–Trinajstić information content (AvgIpc) is 3.30. The zero-order chi connectivity index (χ0) is 18.3. The molecule has 2 heterocycles. The minimum absolute atomic E-state index is 0.200. The maximum Gasteiger partial charge on any atom is 0.268 e. The highest BCUT2D eigenvalue weighted by atomic mass is 35.5. The van der Waals surface area contributed by atoms with E-state index in [4.69, 9.17) is 11.6 Å². The van der Waals surface area contributed by atoms with Crippen molar-refractivity contribution in [1.82, 2.24) is 9.29 Å². The van der Waals surface area contributed by atoms with Crippen LogP contribution in [0.1, 0.15) is 31.2 Å². The zero-order valence-electron chi connectivity index (χ0n) is 14.5. The number of fused-ring (bicyclic) bond motifs is 1. The number of halogens is 1. The highest BCUT2D eigenvalue weighted by Gasteiger charge is 2.28. The van der Waals surface area contributed by atoms with Crippen LogP contribution in [0.25, 0.3) is 10.9 Å². The van der Waals surface area contributed by atoms with Crippen LogP contribution in [-0.4, -0.2) is 25.0 Å². The lowest BCUT2D eigenvalue weighted by molar-refractivity contribution is 0.519. The first kappa shape index (κ1) is 17.6. The second-order valence-corrected chi connectivity index (χ2v) is 9.10. The number of benzene rings is 2. The van der Waals surface area contributed by atoms with Gasteiger partial charge in [0.25, 0.3) is 10.0 Å². The summed E-state index contributed by atoms with van der Waals surface area (Å²) in [6.45, 7) is 3.16. The van der Waals surface area contributed by atoms with Crippen molar-refractivity contribution in [3.05, 3.63) is 65.3 Å². The molecule has 1 fully saturated rings. The third-order valence-corrected chi connectivity index (χ3v) is 7.18. The van der Waals surface area contributed by atoms with E-state index >= 15 is 0 Å². The predicted molar refractivity (Wildman–Crippen MR) is 105 cm³/mol. The first-order valence-electron chi connectivity index (χ1n) is 8.83. The van der Waals surface area contributed by atoms with Gasteiger partial charge in [-0.25, -0.2) is 12.4 Å². The van der Waals surface area contributed by atoms with Crippen molar-refractivity contribution >= 4 is 32.5 Å². The van der Waals surface area contributed by atoms with Crippen molar-refractivity contribution in [3.63, 3.8) is 0 Å². The molecule has 1 N–H and O–H groups in total. The van der Waals surface area contributed by atoms with Gasteiger partial charge in [-0.2, -0.15) is 0 Å². The Balaban J connectivity index is 1.91. The summed E-state index contributed by atoms with van der Waals surface area (Å²) in [7, 11) is -3.66. The summed E-state index contributed by atoms with van der Waals surface area (Å²) < 4.78 is 27.8. The highest BCUT2D eigenvalue weighted by Crippen LogP contribution is 2.35. The van der Waals surface area contributed by atoms with E-state index in [1.807, 2.05) is 12.1 Å². The molecule has 1 aliphatic heterocycles. The fourth-order valence-electron chi connectivity index (χ4n) is 3.82. The molecular formula is C20H21ClN2O2S. The lowest BCUT2D eigenvalue weighted by Crippen LogP contribution is -2.27. The molecule has 0 radical (unpaired) electrons. The molecule has 0 amide bonds. The molecule has 2 unspecified atom stereocenters. The van der Waals surface area contributed by atoms with Crippen molar-refractivity contribution < 1.29 is 8.42 Å². The van der Waals surface area contributed by atoms with Crippen molar-refractivity contribution in [2.24, 2.45) is 0 Å². The van der Waals surface area contributed by atoms with E-state index < -0.39 is 10.0 Å². The van der Waals surface area contributed by atoms with Crippen molar-refractivity contribution in [2.75, 3.05) is 6.54 Å². The van der Waals surface area contributed by atoms with E-state index in [0.29, 0.717) is 16.6 Å². The second kappa shape index (κ2) is 6.72. The Morgan fingerprint density at radius 2 is 1.96 bits per heavy atom. The minimum atomic E-state index is -3.66. The van der Waals surface area contributed by atoms with Crippen LogP contribution < -0.4 is 5.32 Å². The van der Waals surface area contributed by atoms with Crippen LogP contribution in [0.4, 0.5) is 0 Å². The summed E-state index contributed by atoms with van der Waals surface area (Å²) in [5.74, 6) is 0.200. The second-order valence-electron chi connectivity index (χ2n) is 6.85. The van der Waals surface area contributed by atoms with Crippen LogP contribution in [0.15, 0.2) is 59.6 Å². The van der Waals surface area contributed by atoms with Gasteiger partial charge in [0.1, 0.15) is 0 Å². The molecule has 0 aliphatic carbocycles. The topological polar surface area (TPSA) is 51.1 Å². The Hall–Kier alpha value is -1.82. The Morgan fingerprint density at radius 1 is 1.19 bits per heavy atom. The van der Waals surface area contributed by atoms with Crippen molar-refractivity contribution in [3.8, 4) is 0 Å². The van der Waals surface area contributed by atoms with Crippen LogP contribution >= 0.6 is 11.6 Å². The summed E-state index contributed by atoms with van der Waals surface area (Å²) in [5.41, 5.74) is 1.68. The lowest BCUT2D eigenvalue weighted by Gasteiger charge is -2.19. The summed E-state index contributed by atoms with van der Waals surface area (Å²) in [4.78, 5) is 0.282. The SMILES string of the molecule is CC(c1cn(S(=O)(=O)c2ccccc2)c2ccc(Cl)cc12)C1CCCN1. The van der Waals surface area contributed by atoms with Gasteiger partial charge < -0.3 is 5.32 Å². The molecule has 2 aromatic carbocycles. The minimum Gasteiger partial charge on any atom is -0.313 e. The number of nitrogens with zero attached hydrogens (tertiary/aromatic N) is 1. The molecule has 1 aliphatic rings. The summed E-state index contributed by atoms with van der Waals surface area (Å²) in [6, 6.07) is 14.3. The van der Waals surface area contributed by atoms with E-state index in [1.54, 1.807) is 42.6 Å². The van der Waals surface area contributed by atoms with Crippen LogP contribution in [0.2, 0.25) is 5.02 Å². The molecule has 26 heavy (non-hydrogen) atoms. The van der Waals surface area contributed by atoms with Crippen LogP contribution in [0.5, 0.6) is 0 Å². The summed E-state index contributed by atoms with van der Waals surface area (Å²) >= 11 is 6.22. The summed E-state index contributed by atoms with van der Waals surface area (Å²) in [5, 5.41) is 5.03. The average molecular weight is 389 g/mol. The lowest BCUT2D eigenvalue weighted by atomic mass is 9.92. The number of hydrogen-bond acceptors (Lipinski definition) is 3. The summed E-state index contributed by atoms with van der Waals surface area (Å²) in [6.07, 6.45) is 4.02. The molecule has 0 saturated carbocycles. The predicted octanol–water partition coefficient (Wildman–Crippen LogP) is 4.39. The van der Waals surface area contributed by atoms with Gasteiger partial charge in [0.2, 0.25) is 0 Å². The molecule has 0 spiro atoms. The van der Waals surface area contributed by atoms with Crippen LogP contribution in [0.3, 0.4) is 0 Å². The standard InChI is InChI=1S/C20H21ClN2O2S/c1-14(19-8-5-11-22-19)18-13-23(20-10-9-15(21)12-17(18)20)26(24,25)16-6-3-2-4-7-16/h2-4,6-7,9-10,12-14,19,22H,5,8,11H2,1H3. The molecule has 2 atom stereocenters. The highest BCUT2D eigenvalue weighted by molar-refractivity contribution is 7.90.